The Bertz CT molecular complexity index is 1100. The van der Waals surface area contributed by atoms with E-state index >= 15 is 0 Å². The number of amides is 1. The molecule has 8 heteroatoms. The number of hydrogen-bond donors (Lipinski definition) is 2. The zero-order valence-corrected chi connectivity index (χ0v) is 16.3. The Balaban J connectivity index is 1.48. The molecule has 0 atom stereocenters. The van der Waals surface area contributed by atoms with Gasteiger partial charge in [0.1, 0.15) is 17.2 Å². The van der Waals surface area contributed by atoms with E-state index in [-0.39, 0.29) is 17.3 Å². The number of benzene rings is 2. The maximum atomic E-state index is 12.6. The molecule has 0 spiro atoms. The third kappa shape index (κ3) is 4.54. The molecule has 0 bridgehead atoms. The van der Waals surface area contributed by atoms with Gasteiger partial charge in [0.2, 0.25) is 0 Å². The Labute approximate surface area is 173 Å². The molecule has 0 aliphatic heterocycles. The van der Waals surface area contributed by atoms with Crippen LogP contribution in [0.5, 0.6) is 11.5 Å². The minimum Gasteiger partial charge on any atom is -0.455 e. The average Bonchev–Trinajstić information content (AvgIpc) is 3.55. The number of carbonyl (C=O) groups excluding carboxylic acids is 1. The van der Waals surface area contributed by atoms with Crippen LogP contribution < -0.4 is 15.4 Å². The van der Waals surface area contributed by atoms with Gasteiger partial charge < -0.3 is 15.4 Å². The van der Waals surface area contributed by atoms with Crippen LogP contribution in [0.1, 0.15) is 28.8 Å². The normalized spacial score (nSPS) is 12.8. The molecule has 1 heterocycles. The number of pyridine rings is 1. The Morgan fingerprint density at radius 1 is 1.20 bits per heavy atom. The van der Waals surface area contributed by atoms with Crippen LogP contribution in [0.25, 0.3) is 0 Å². The quantitative estimate of drug-likeness (QED) is 0.428. The number of carbonyl (C=O) groups is 1. The minimum atomic E-state index is -0.476. The predicted octanol–water partition coefficient (Wildman–Crippen LogP) is 4.92. The molecule has 0 saturated heterocycles. The topological polar surface area (TPSA) is 106 Å². The Morgan fingerprint density at radius 3 is 2.70 bits per heavy atom. The highest BCUT2D eigenvalue weighted by Gasteiger charge is 2.25. The van der Waals surface area contributed by atoms with Crippen molar-refractivity contribution in [1.29, 1.82) is 0 Å². The Morgan fingerprint density at radius 2 is 2.03 bits per heavy atom. The van der Waals surface area contributed by atoms with Crippen LogP contribution in [-0.2, 0) is 0 Å². The zero-order valence-electron chi connectivity index (χ0n) is 16.3. The lowest BCUT2D eigenvalue weighted by molar-refractivity contribution is -0.384. The summed E-state index contributed by atoms with van der Waals surface area (Å²) in [7, 11) is 0. The lowest BCUT2D eigenvalue weighted by Crippen LogP contribution is -2.13. The second-order valence-electron chi connectivity index (χ2n) is 7.13. The van der Waals surface area contributed by atoms with Crippen molar-refractivity contribution in [1.82, 2.24) is 4.98 Å². The Kier molecular flexibility index (Phi) is 5.30. The molecule has 30 heavy (non-hydrogen) atoms. The van der Waals surface area contributed by atoms with Crippen LogP contribution >= 0.6 is 0 Å². The number of hydrogen-bond acceptors (Lipinski definition) is 6. The molecule has 8 nitrogen and oxygen atoms in total. The van der Waals surface area contributed by atoms with Gasteiger partial charge in [-0.1, -0.05) is 0 Å². The maximum Gasteiger partial charge on any atom is 0.293 e. The maximum absolute atomic E-state index is 12.6. The monoisotopic (exact) mass is 404 g/mol. The van der Waals surface area contributed by atoms with E-state index in [0.717, 1.165) is 18.4 Å². The summed E-state index contributed by atoms with van der Waals surface area (Å²) in [4.78, 5) is 27.6. The van der Waals surface area contributed by atoms with E-state index in [9.17, 15) is 14.9 Å². The van der Waals surface area contributed by atoms with Crippen LogP contribution in [0.4, 0.5) is 17.1 Å². The highest BCUT2D eigenvalue weighted by atomic mass is 16.6. The van der Waals surface area contributed by atoms with Crippen molar-refractivity contribution in [2.45, 2.75) is 25.8 Å². The van der Waals surface area contributed by atoms with Crippen LogP contribution in [0, 0.1) is 17.0 Å². The molecule has 2 aromatic carbocycles. The second-order valence-corrected chi connectivity index (χ2v) is 7.13. The van der Waals surface area contributed by atoms with Crippen LogP contribution in [0.2, 0.25) is 0 Å². The number of ether oxygens (including phenoxy) is 1. The molecular formula is C22H20N4O4. The summed E-state index contributed by atoms with van der Waals surface area (Å²) in [5, 5.41) is 17.3. The number of nitro benzene ring substituents is 1. The van der Waals surface area contributed by atoms with Gasteiger partial charge in [-0.2, -0.15) is 0 Å². The van der Waals surface area contributed by atoms with Gasteiger partial charge in [-0.25, -0.2) is 0 Å². The van der Waals surface area contributed by atoms with E-state index in [1.807, 2.05) is 6.92 Å². The van der Waals surface area contributed by atoms with E-state index < -0.39 is 10.8 Å². The SMILES string of the molecule is Cc1cc(NC(=O)c2ccc(NC3CC3)c([N+](=O)[O-])c2)ccc1Oc1cccnc1. The van der Waals surface area contributed by atoms with Gasteiger partial charge in [0.15, 0.2) is 0 Å². The number of aryl methyl sites for hydroxylation is 1. The third-order valence-electron chi connectivity index (χ3n) is 4.69. The van der Waals surface area contributed by atoms with Crippen molar-refractivity contribution in [2.75, 3.05) is 10.6 Å². The first kappa shape index (κ1) is 19.4. The van der Waals surface area contributed by atoms with Gasteiger partial charge in [-0.15, -0.1) is 0 Å². The van der Waals surface area contributed by atoms with E-state index in [1.54, 1.807) is 54.9 Å². The molecule has 1 saturated carbocycles. The lowest BCUT2D eigenvalue weighted by atomic mass is 10.1. The molecule has 2 N–H and O–H groups in total. The first-order valence-corrected chi connectivity index (χ1v) is 9.54. The number of nitrogens with zero attached hydrogens (tertiary/aromatic N) is 2. The minimum absolute atomic E-state index is 0.106. The van der Waals surface area contributed by atoms with E-state index in [2.05, 4.69) is 15.6 Å². The number of nitrogens with one attached hydrogen (secondary N) is 2. The fraction of sp³-hybridized carbons (Fsp3) is 0.182. The first-order valence-electron chi connectivity index (χ1n) is 9.54. The van der Waals surface area contributed by atoms with Crippen molar-refractivity contribution < 1.29 is 14.5 Å². The predicted molar refractivity (Wildman–Crippen MR) is 113 cm³/mol. The molecule has 1 aliphatic rings. The molecular weight excluding hydrogens is 384 g/mol. The largest absolute Gasteiger partial charge is 0.455 e. The van der Waals surface area contributed by atoms with Gasteiger partial charge in [0, 0.05) is 29.6 Å². The third-order valence-corrected chi connectivity index (χ3v) is 4.69. The summed E-state index contributed by atoms with van der Waals surface area (Å²) in [5.74, 6) is 0.841. The molecule has 1 amide bonds. The summed E-state index contributed by atoms with van der Waals surface area (Å²) in [6.07, 6.45) is 5.28. The van der Waals surface area contributed by atoms with Crippen molar-refractivity contribution in [3.05, 3.63) is 82.2 Å². The van der Waals surface area contributed by atoms with Gasteiger partial charge in [0.05, 0.1) is 11.1 Å². The van der Waals surface area contributed by atoms with Crippen LogP contribution in [0.3, 0.4) is 0 Å². The van der Waals surface area contributed by atoms with Gasteiger partial charge in [-0.3, -0.25) is 19.9 Å². The summed E-state index contributed by atoms with van der Waals surface area (Å²) in [5.41, 5.74) is 1.94. The molecule has 4 rings (SSSR count). The van der Waals surface area contributed by atoms with Gasteiger partial charge in [0.25, 0.3) is 11.6 Å². The smallest absolute Gasteiger partial charge is 0.293 e. The molecule has 152 valence electrons. The van der Waals surface area contributed by atoms with Crippen LogP contribution in [0.15, 0.2) is 60.9 Å². The fourth-order valence-corrected chi connectivity index (χ4v) is 2.97. The highest BCUT2D eigenvalue weighted by Crippen LogP contribution is 2.32. The molecule has 1 aliphatic carbocycles. The van der Waals surface area contributed by atoms with Crippen molar-refractivity contribution in [3.8, 4) is 11.5 Å². The zero-order chi connectivity index (χ0) is 21.1. The second kappa shape index (κ2) is 8.20. The molecule has 1 fully saturated rings. The fourth-order valence-electron chi connectivity index (χ4n) is 2.97. The van der Waals surface area contributed by atoms with Crippen LogP contribution in [-0.4, -0.2) is 21.9 Å². The number of rotatable bonds is 7. The number of aromatic nitrogens is 1. The summed E-state index contributed by atoms with van der Waals surface area (Å²) < 4.78 is 5.79. The molecule has 0 radical (unpaired) electrons. The van der Waals surface area contributed by atoms with E-state index in [4.69, 9.17) is 4.74 Å². The van der Waals surface area contributed by atoms with Crippen molar-refractivity contribution in [3.63, 3.8) is 0 Å². The molecule has 0 unspecified atom stereocenters. The van der Waals surface area contributed by atoms with Gasteiger partial charge in [-0.05, 0) is 67.8 Å². The molecule has 3 aromatic rings. The van der Waals surface area contributed by atoms with Gasteiger partial charge >= 0.3 is 0 Å². The highest BCUT2D eigenvalue weighted by molar-refractivity contribution is 6.05. The van der Waals surface area contributed by atoms with E-state index in [0.29, 0.717) is 22.9 Å². The van der Waals surface area contributed by atoms with Crippen molar-refractivity contribution in [2.24, 2.45) is 0 Å². The first-order chi connectivity index (χ1) is 14.5. The lowest BCUT2D eigenvalue weighted by Gasteiger charge is -2.12. The number of anilines is 2. The summed E-state index contributed by atoms with van der Waals surface area (Å²) in [6, 6.07) is 13.6. The van der Waals surface area contributed by atoms with Crippen molar-refractivity contribution >= 4 is 23.0 Å². The standard InChI is InChI=1S/C22H20N4O4/c1-14-11-17(7-9-21(14)30-18-3-2-10-23-13-18)25-22(27)15-4-8-19(24-16-5-6-16)20(12-15)26(28)29/h2-4,7-13,16,24H,5-6H2,1H3,(H,25,27). The Hall–Kier alpha value is -3.94. The summed E-state index contributed by atoms with van der Waals surface area (Å²) >= 11 is 0. The summed E-state index contributed by atoms with van der Waals surface area (Å²) in [6.45, 7) is 1.87. The average molecular weight is 404 g/mol. The van der Waals surface area contributed by atoms with E-state index in [1.165, 1.54) is 6.07 Å². The molecule has 1 aromatic heterocycles. The number of nitro groups is 1.